The molecule has 0 aromatic rings. The first-order valence-electron chi connectivity index (χ1n) is 3.35. The van der Waals surface area contributed by atoms with Gasteiger partial charge in [-0.05, 0) is 6.42 Å². The Kier molecular flexibility index (Phi) is 5.73. The van der Waals surface area contributed by atoms with Gasteiger partial charge in [0.15, 0.2) is 0 Å². The van der Waals surface area contributed by atoms with Crippen LogP contribution in [0.25, 0.3) is 0 Å². The Morgan fingerprint density at radius 1 is 1.64 bits per heavy atom. The van der Waals surface area contributed by atoms with E-state index < -0.39 is 12.0 Å². The first kappa shape index (κ1) is 10.3. The topological polar surface area (TPSA) is 92.8 Å². The number of aliphatic carboxylic acids is 1. The third kappa shape index (κ3) is 5.78. The van der Waals surface area contributed by atoms with Crippen molar-refractivity contribution in [1.82, 2.24) is 0 Å². The standard InChI is InChI=1S/C6H13NO4/c7-5(6(9)10)4-11-3-1-2-8/h5,8H,1-4,7H2,(H,9,10)/t5-/m0/s1. The van der Waals surface area contributed by atoms with Gasteiger partial charge in [-0.1, -0.05) is 0 Å². The van der Waals surface area contributed by atoms with E-state index >= 15 is 0 Å². The van der Waals surface area contributed by atoms with E-state index in [0.29, 0.717) is 13.0 Å². The summed E-state index contributed by atoms with van der Waals surface area (Å²) < 4.78 is 4.83. The van der Waals surface area contributed by atoms with Crippen LogP contribution in [-0.4, -0.2) is 42.0 Å². The molecule has 0 aliphatic carbocycles. The Balaban J connectivity index is 3.17. The summed E-state index contributed by atoms with van der Waals surface area (Å²) >= 11 is 0. The summed E-state index contributed by atoms with van der Waals surface area (Å²) in [6.07, 6.45) is 0.506. The first-order chi connectivity index (χ1) is 5.18. The maximum absolute atomic E-state index is 10.1. The van der Waals surface area contributed by atoms with Gasteiger partial charge in [-0.3, -0.25) is 4.79 Å². The largest absolute Gasteiger partial charge is 0.480 e. The molecule has 1 atom stereocenters. The second-order valence-electron chi connectivity index (χ2n) is 2.10. The summed E-state index contributed by atoms with van der Waals surface area (Å²) in [6.45, 7) is 0.384. The molecule has 5 nitrogen and oxygen atoms in total. The molecule has 0 radical (unpaired) electrons. The summed E-state index contributed by atoms with van der Waals surface area (Å²) in [4.78, 5) is 10.1. The number of rotatable bonds is 6. The zero-order valence-corrected chi connectivity index (χ0v) is 6.19. The van der Waals surface area contributed by atoms with E-state index in [9.17, 15) is 4.79 Å². The van der Waals surface area contributed by atoms with Crippen LogP contribution in [0.1, 0.15) is 6.42 Å². The van der Waals surface area contributed by atoms with Gasteiger partial charge in [0.25, 0.3) is 0 Å². The number of ether oxygens (including phenoxy) is 1. The molecule has 11 heavy (non-hydrogen) atoms. The van der Waals surface area contributed by atoms with E-state index in [-0.39, 0.29) is 13.2 Å². The minimum absolute atomic E-state index is 0.00463. The summed E-state index contributed by atoms with van der Waals surface area (Å²) in [5.41, 5.74) is 5.11. The number of hydrogen-bond acceptors (Lipinski definition) is 4. The lowest BCUT2D eigenvalue weighted by atomic mass is 10.3. The molecule has 66 valence electrons. The Morgan fingerprint density at radius 3 is 2.73 bits per heavy atom. The van der Waals surface area contributed by atoms with Crippen LogP contribution >= 0.6 is 0 Å². The van der Waals surface area contributed by atoms with Crippen molar-refractivity contribution in [2.75, 3.05) is 19.8 Å². The fraction of sp³-hybridized carbons (Fsp3) is 0.833. The van der Waals surface area contributed by atoms with E-state index in [1.54, 1.807) is 0 Å². The summed E-state index contributed by atoms with van der Waals surface area (Å²) in [5.74, 6) is -1.08. The highest BCUT2D eigenvalue weighted by Gasteiger charge is 2.10. The van der Waals surface area contributed by atoms with E-state index in [1.807, 2.05) is 0 Å². The molecule has 0 aliphatic rings. The molecular weight excluding hydrogens is 150 g/mol. The molecule has 0 aromatic carbocycles. The highest BCUT2D eigenvalue weighted by molar-refractivity contribution is 5.73. The summed E-state index contributed by atoms with van der Waals surface area (Å²) in [7, 11) is 0. The van der Waals surface area contributed by atoms with Crippen molar-refractivity contribution in [3.8, 4) is 0 Å². The number of aliphatic hydroxyl groups excluding tert-OH is 1. The van der Waals surface area contributed by atoms with Crippen molar-refractivity contribution in [1.29, 1.82) is 0 Å². The molecule has 0 saturated carbocycles. The summed E-state index contributed by atoms with van der Waals surface area (Å²) in [5, 5.41) is 16.6. The lowest BCUT2D eigenvalue weighted by Gasteiger charge is -2.06. The Bertz CT molecular complexity index is 117. The molecule has 0 unspecified atom stereocenters. The molecule has 0 amide bonds. The van der Waals surface area contributed by atoms with Crippen molar-refractivity contribution in [3.63, 3.8) is 0 Å². The van der Waals surface area contributed by atoms with E-state index in [4.69, 9.17) is 20.7 Å². The van der Waals surface area contributed by atoms with Gasteiger partial charge in [-0.15, -0.1) is 0 Å². The SMILES string of the molecule is N[C@@H](COCCCO)C(=O)O. The molecule has 0 fully saturated rings. The van der Waals surface area contributed by atoms with Crippen molar-refractivity contribution < 1.29 is 19.7 Å². The average molecular weight is 163 g/mol. The van der Waals surface area contributed by atoms with Crippen LogP contribution in [-0.2, 0) is 9.53 Å². The number of carboxylic acid groups (broad SMARTS) is 1. The van der Waals surface area contributed by atoms with Gasteiger partial charge < -0.3 is 20.7 Å². The summed E-state index contributed by atoms with van der Waals surface area (Å²) in [6, 6.07) is -0.964. The zero-order chi connectivity index (χ0) is 8.69. The maximum Gasteiger partial charge on any atom is 0.322 e. The quantitative estimate of drug-likeness (QED) is 0.427. The zero-order valence-electron chi connectivity index (χ0n) is 6.19. The Morgan fingerprint density at radius 2 is 2.27 bits per heavy atom. The fourth-order valence-electron chi connectivity index (χ4n) is 0.448. The molecule has 0 spiro atoms. The molecule has 0 heterocycles. The van der Waals surface area contributed by atoms with Crippen molar-refractivity contribution in [3.05, 3.63) is 0 Å². The molecule has 0 aliphatic heterocycles. The second kappa shape index (κ2) is 6.09. The van der Waals surface area contributed by atoms with Gasteiger partial charge in [-0.2, -0.15) is 0 Å². The highest BCUT2D eigenvalue weighted by Crippen LogP contribution is 1.84. The number of carboxylic acids is 1. The van der Waals surface area contributed by atoms with Crippen LogP contribution in [0.15, 0.2) is 0 Å². The third-order valence-electron chi connectivity index (χ3n) is 1.06. The first-order valence-corrected chi connectivity index (χ1v) is 3.35. The molecule has 4 N–H and O–H groups in total. The van der Waals surface area contributed by atoms with Crippen LogP contribution in [0.2, 0.25) is 0 Å². The minimum atomic E-state index is -1.08. The van der Waals surface area contributed by atoms with Crippen molar-refractivity contribution >= 4 is 5.97 Å². The van der Waals surface area contributed by atoms with Crippen LogP contribution in [0.3, 0.4) is 0 Å². The van der Waals surface area contributed by atoms with Gasteiger partial charge >= 0.3 is 5.97 Å². The molecule has 5 heteroatoms. The van der Waals surface area contributed by atoms with Gasteiger partial charge in [0, 0.05) is 13.2 Å². The van der Waals surface area contributed by atoms with Gasteiger partial charge in [0.05, 0.1) is 6.61 Å². The van der Waals surface area contributed by atoms with Crippen molar-refractivity contribution in [2.24, 2.45) is 5.73 Å². The van der Waals surface area contributed by atoms with Gasteiger partial charge in [0.1, 0.15) is 6.04 Å². The minimum Gasteiger partial charge on any atom is -0.480 e. The Hall–Kier alpha value is -0.650. The average Bonchev–Trinajstić information content (AvgIpc) is 1.97. The highest BCUT2D eigenvalue weighted by atomic mass is 16.5. The number of carbonyl (C=O) groups is 1. The van der Waals surface area contributed by atoms with Crippen molar-refractivity contribution in [2.45, 2.75) is 12.5 Å². The second-order valence-corrected chi connectivity index (χ2v) is 2.10. The van der Waals surface area contributed by atoms with Crippen LogP contribution < -0.4 is 5.73 Å². The lowest BCUT2D eigenvalue weighted by Crippen LogP contribution is -2.35. The van der Waals surface area contributed by atoms with E-state index in [1.165, 1.54) is 0 Å². The lowest BCUT2D eigenvalue weighted by molar-refractivity contribution is -0.140. The molecule has 0 saturated heterocycles. The number of aliphatic hydroxyl groups is 1. The maximum atomic E-state index is 10.1. The third-order valence-corrected chi connectivity index (χ3v) is 1.06. The van der Waals surface area contributed by atoms with E-state index in [0.717, 1.165) is 0 Å². The normalized spacial score (nSPS) is 12.9. The molecule has 0 rings (SSSR count). The predicted molar refractivity (Wildman–Crippen MR) is 38.1 cm³/mol. The number of hydrogen-bond donors (Lipinski definition) is 3. The van der Waals surface area contributed by atoms with Gasteiger partial charge in [-0.25, -0.2) is 0 Å². The monoisotopic (exact) mass is 163 g/mol. The fourth-order valence-corrected chi connectivity index (χ4v) is 0.448. The predicted octanol–water partition coefficient (Wildman–Crippen LogP) is -1.20. The molecule has 0 bridgehead atoms. The van der Waals surface area contributed by atoms with Crippen LogP contribution in [0.5, 0.6) is 0 Å². The molecular formula is C6H13NO4. The Labute approximate surface area is 64.8 Å². The van der Waals surface area contributed by atoms with Gasteiger partial charge in [0.2, 0.25) is 0 Å². The van der Waals surface area contributed by atoms with E-state index in [2.05, 4.69) is 0 Å². The molecule has 0 aromatic heterocycles. The number of nitrogens with two attached hydrogens (primary N) is 1. The smallest absolute Gasteiger partial charge is 0.322 e. The van der Waals surface area contributed by atoms with Crippen LogP contribution in [0, 0.1) is 0 Å². The van der Waals surface area contributed by atoms with Crippen LogP contribution in [0.4, 0.5) is 0 Å².